The first-order valence-corrected chi connectivity index (χ1v) is 5.28. The molecule has 1 fully saturated rings. The van der Waals surface area contributed by atoms with Crippen LogP contribution in [0.4, 0.5) is 0 Å². The van der Waals surface area contributed by atoms with Crippen molar-refractivity contribution in [2.45, 2.75) is 24.4 Å². The van der Waals surface area contributed by atoms with Crippen molar-refractivity contribution in [3.05, 3.63) is 23.8 Å². The highest BCUT2D eigenvalue weighted by atomic mass is 16.5. The van der Waals surface area contributed by atoms with E-state index >= 15 is 0 Å². The van der Waals surface area contributed by atoms with Gasteiger partial charge in [0.1, 0.15) is 0 Å². The Labute approximate surface area is 98.3 Å². The average Bonchev–Trinajstić information content (AvgIpc) is 2.25. The number of aliphatic hydroxyl groups is 1. The van der Waals surface area contributed by atoms with E-state index in [4.69, 9.17) is 4.74 Å². The second-order valence-electron chi connectivity index (χ2n) is 4.34. The Morgan fingerprint density at radius 3 is 2.59 bits per heavy atom. The van der Waals surface area contributed by atoms with Crippen LogP contribution in [0.1, 0.15) is 18.4 Å². The van der Waals surface area contributed by atoms with Gasteiger partial charge in [0, 0.05) is 0 Å². The molecule has 0 aromatic heterocycles. The van der Waals surface area contributed by atoms with Crippen molar-refractivity contribution in [2.24, 2.45) is 0 Å². The number of phenolic OH excluding ortho intramolecular Hbond substituents is 1. The van der Waals surface area contributed by atoms with Gasteiger partial charge in [0.2, 0.25) is 0 Å². The Morgan fingerprint density at radius 2 is 2.12 bits per heavy atom. The molecule has 0 saturated heterocycles. The fraction of sp³-hybridized carbons (Fsp3) is 0.417. The van der Waals surface area contributed by atoms with Crippen molar-refractivity contribution < 1.29 is 24.9 Å². The monoisotopic (exact) mass is 238 g/mol. The summed E-state index contributed by atoms with van der Waals surface area (Å²) < 4.78 is 4.95. The molecule has 1 aromatic carbocycles. The van der Waals surface area contributed by atoms with E-state index in [1.54, 1.807) is 6.07 Å². The average molecular weight is 238 g/mol. The summed E-state index contributed by atoms with van der Waals surface area (Å²) in [6, 6.07) is 4.47. The van der Waals surface area contributed by atoms with Crippen LogP contribution >= 0.6 is 0 Å². The summed E-state index contributed by atoms with van der Waals surface area (Å²) >= 11 is 0. The second kappa shape index (κ2) is 3.92. The van der Waals surface area contributed by atoms with Gasteiger partial charge in [0.25, 0.3) is 0 Å². The van der Waals surface area contributed by atoms with Crippen LogP contribution in [0.2, 0.25) is 0 Å². The molecule has 1 aliphatic carbocycles. The quantitative estimate of drug-likeness (QED) is 0.727. The first kappa shape index (κ1) is 11.7. The van der Waals surface area contributed by atoms with E-state index in [0.29, 0.717) is 5.56 Å². The molecule has 1 saturated carbocycles. The van der Waals surface area contributed by atoms with Gasteiger partial charge in [-0.15, -0.1) is 0 Å². The van der Waals surface area contributed by atoms with Gasteiger partial charge < -0.3 is 20.1 Å². The Balaban J connectivity index is 2.41. The molecule has 3 N–H and O–H groups in total. The minimum atomic E-state index is -1.06. The van der Waals surface area contributed by atoms with Crippen LogP contribution in [0.25, 0.3) is 0 Å². The number of aliphatic hydroxyl groups excluding tert-OH is 1. The number of carbonyl (C=O) groups is 1. The highest BCUT2D eigenvalue weighted by molar-refractivity contribution is 5.83. The summed E-state index contributed by atoms with van der Waals surface area (Å²) in [5, 5.41) is 28.1. The second-order valence-corrected chi connectivity index (χ2v) is 4.34. The van der Waals surface area contributed by atoms with Crippen molar-refractivity contribution in [2.75, 3.05) is 7.11 Å². The lowest BCUT2D eigenvalue weighted by Crippen LogP contribution is -2.50. The van der Waals surface area contributed by atoms with E-state index in [2.05, 4.69) is 0 Å². The van der Waals surface area contributed by atoms with Crippen molar-refractivity contribution in [3.63, 3.8) is 0 Å². The summed E-state index contributed by atoms with van der Waals surface area (Å²) in [5.74, 6) is -0.753. The van der Waals surface area contributed by atoms with Crippen LogP contribution in [0, 0.1) is 0 Å². The molecule has 0 aliphatic heterocycles. The molecular formula is C12H14O5. The molecule has 0 heterocycles. The predicted octanol–water partition coefficient (Wildman–Crippen LogP) is 0.878. The number of methoxy groups -OCH3 is 1. The number of aliphatic carboxylic acids is 1. The third-order valence-electron chi connectivity index (χ3n) is 3.31. The number of hydrogen-bond acceptors (Lipinski definition) is 4. The molecule has 2 rings (SSSR count). The molecule has 0 amide bonds. The zero-order valence-electron chi connectivity index (χ0n) is 9.38. The zero-order valence-corrected chi connectivity index (χ0v) is 9.38. The third-order valence-corrected chi connectivity index (χ3v) is 3.31. The van der Waals surface area contributed by atoms with Crippen LogP contribution in [0.15, 0.2) is 18.2 Å². The number of phenols is 1. The minimum absolute atomic E-state index is 0.0309. The van der Waals surface area contributed by atoms with Crippen LogP contribution in [-0.4, -0.2) is 34.5 Å². The first-order valence-electron chi connectivity index (χ1n) is 5.28. The molecule has 5 nitrogen and oxygen atoms in total. The molecule has 92 valence electrons. The van der Waals surface area contributed by atoms with Crippen LogP contribution < -0.4 is 4.74 Å². The number of aromatic hydroxyl groups is 1. The third kappa shape index (κ3) is 1.72. The van der Waals surface area contributed by atoms with Crippen LogP contribution in [0.5, 0.6) is 11.5 Å². The Morgan fingerprint density at radius 1 is 1.47 bits per heavy atom. The maximum Gasteiger partial charge on any atom is 0.314 e. The van der Waals surface area contributed by atoms with Crippen molar-refractivity contribution in [1.29, 1.82) is 0 Å². The van der Waals surface area contributed by atoms with Gasteiger partial charge in [-0.25, -0.2) is 0 Å². The standard InChI is InChI=1S/C12H14O5/c1-17-10-4-7(2-3-9(10)14)12(11(15)16)5-8(13)6-12/h2-4,8,13-14H,5-6H2,1H3,(H,15,16). The Hall–Kier alpha value is -1.75. The molecule has 0 atom stereocenters. The molecular weight excluding hydrogens is 224 g/mol. The van der Waals surface area contributed by atoms with Gasteiger partial charge in [-0.1, -0.05) is 6.07 Å². The maximum atomic E-state index is 11.3. The first-order chi connectivity index (χ1) is 7.99. The topological polar surface area (TPSA) is 87.0 Å². The van der Waals surface area contributed by atoms with Gasteiger partial charge >= 0.3 is 5.97 Å². The number of hydrogen-bond donors (Lipinski definition) is 3. The van der Waals surface area contributed by atoms with E-state index in [0.717, 1.165) is 0 Å². The summed E-state index contributed by atoms with van der Waals surface area (Å²) in [6.07, 6.45) is -0.196. The van der Waals surface area contributed by atoms with E-state index in [1.165, 1.54) is 19.2 Å². The summed E-state index contributed by atoms with van der Waals surface area (Å²) in [4.78, 5) is 11.3. The van der Waals surface area contributed by atoms with E-state index in [9.17, 15) is 20.1 Å². The van der Waals surface area contributed by atoms with E-state index in [1.807, 2.05) is 0 Å². The van der Waals surface area contributed by atoms with E-state index < -0.39 is 17.5 Å². The Bertz CT molecular complexity index is 448. The number of carboxylic acid groups (broad SMARTS) is 1. The van der Waals surface area contributed by atoms with Crippen molar-refractivity contribution in [1.82, 2.24) is 0 Å². The molecule has 0 unspecified atom stereocenters. The molecule has 1 aliphatic rings. The van der Waals surface area contributed by atoms with E-state index in [-0.39, 0.29) is 24.3 Å². The lowest BCUT2D eigenvalue weighted by Gasteiger charge is -2.42. The fourth-order valence-electron chi connectivity index (χ4n) is 2.25. The fourth-order valence-corrected chi connectivity index (χ4v) is 2.25. The predicted molar refractivity (Wildman–Crippen MR) is 59.2 cm³/mol. The summed E-state index contributed by atoms with van der Waals surface area (Å²) in [5.41, 5.74) is -0.509. The van der Waals surface area contributed by atoms with Gasteiger partial charge in [-0.2, -0.15) is 0 Å². The van der Waals surface area contributed by atoms with Crippen LogP contribution in [-0.2, 0) is 10.2 Å². The minimum Gasteiger partial charge on any atom is -0.504 e. The molecule has 5 heteroatoms. The number of carboxylic acids is 1. The molecule has 0 radical (unpaired) electrons. The smallest absolute Gasteiger partial charge is 0.314 e. The lowest BCUT2D eigenvalue weighted by molar-refractivity contribution is -0.152. The number of benzene rings is 1. The zero-order chi connectivity index (χ0) is 12.6. The van der Waals surface area contributed by atoms with Gasteiger partial charge in [0.15, 0.2) is 11.5 Å². The van der Waals surface area contributed by atoms with Gasteiger partial charge in [-0.05, 0) is 30.5 Å². The Kier molecular flexibility index (Phi) is 2.71. The normalized spacial score (nSPS) is 27.3. The van der Waals surface area contributed by atoms with Crippen molar-refractivity contribution in [3.8, 4) is 11.5 Å². The lowest BCUT2D eigenvalue weighted by atomic mass is 9.62. The molecule has 0 spiro atoms. The summed E-state index contributed by atoms with van der Waals surface area (Å²) in [6.45, 7) is 0. The molecule has 0 bridgehead atoms. The highest BCUT2D eigenvalue weighted by Crippen LogP contribution is 2.46. The van der Waals surface area contributed by atoms with Gasteiger partial charge in [-0.3, -0.25) is 4.79 Å². The van der Waals surface area contributed by atoms with Crippen LogP contribution in [0.3, 0.4) is 0 Å². The number of ether oxygens (including phenoxy) is 1. The van der Waals surface area contributed by atoms with Gasteiger partial charge in [0.05, 0.1) is 18.6 Å². The molecule has 1 aromatic rings. The SMILES string of the molecule is COc1cc(C2(C(=O)O)CC(O)C2)ccc1O. The highest BCUT2D eigenvalue weighted by Gasteiger charge is 2.51. The van der Waals surface area contributed by atoms with Crippen molar-refractivity contribution >= 4 is 5.97 Å². The maximum absolute atomic E-state index is 11.3. The number of rotatable bonds is 3. The largest absolute Gasteiger partial charge is 0.504 e. The summed E-state index contributed by atoms with van der Waals surface area (Å²) in [7, 11) is 1.40. The molecule has 17 heavy (non-hydrogen) atoms.